The molecule has 0 bridgehead atoms. The topological polar surface area (TPSA) is 59.0 Å². The van der Waals surface area contributed by atoms with Crippen LogP contribution in [0.4, 0.5) is 0 Å². The fraction of sp³-hybridized carbons (Fsp3) is 0.444. The number of amides is 1. The van der Waals surface area contributed by atoms with E-state index in [-0.39, 0.29) is 11.9 Å². The van der Waals surface area contributed by atoms with Gasteiger partial charge < -0.3 is 10.6 Å². The Morgan fingerprint density at radius 1 is 1.38 bits per heavy atom. The Hall–Kier alpha value is -1.66. The second-order valence-electron chi connectivity index (χ2n) is 6.64. The molecule has 1 aromatic heterocycles. The van der Waals surface area contributed by atoms with Crippen LogP contribution in [0, 0.1) is 0 Å². The molecule has 5 nitrogen and oxygen atoms in total. The molecule has 1 atom stereocenters. The summed E-state index contributed by atoms with van der Waals surface area (Å²) >= 11 is 3.53. The van der Waals surface area contributed by atoms with Crippen molar-refractivity contribution in [2.75, 3.05) is 13.1 Å². The molecule has 24 heavy (non-hydrogen) atoms. The van der Waals surface area contributed by atoms with E-state index in [9.17, 15) is 4.79 Å². The molecule has 1 unspecified atom stereocenters. The fourth-order valence-corrected chi connectivity index (χ4v) is 4.36. The Balaban J connectivity index is 1.59. The highest BCUT2D eigenvalue weighted by atomic mass is 79.9. The highest BCUT2D eigenvalue weighted by Gasteiger charge is 2.43. The summed E-state index contributed by atoms with van der Waals surface area (Å²) in [6.07, 6.45) is 7.16. The molecule has 0 radical (unpaired) electrons. The second-order valence-corrected chi connectivity index (χ2v) is 7.56. The van der Waals surface area contributed by atoms with Crippen molar-refractivity contribution in [1.82, 2.24) is 20.4 Å². The van der Waals surface area contributed by atoms with Crippen molar-refractivity contribution in [2.45, 2.75) is 37.3 Å². The number of aryl methyl sites for hydroxylation is 1. The van der Waals surface area contributed by atoms with Crippen molar-refractivity contribution < 1.29 is 4.79 Å². The van der Waals surface area contributed by atoms with E-state index in [0.717, 1.165) is 43.2 Å². The van der Waals surface area contributed by atoms with E-state index in [1.807, 2.05) is 16.9 Å². The van der Waals surface area contributed by atoms with E-state index >= 15 is 0 Å². The third kappa shape index (κ3) is 2.67. The summed E-state index contributed by atoms with van der Waals surface area (Å²) in [5.74, 6) is 0.0912. The maximum atomic E-state index is 13.2. The van der Waals surface area contributed by atoms with Crippen LogP contribution in [0.3, 0.4) is 0 Å². The van der Waals surface area contributed by atoms with E-state index in [0.29, 0.717) is 0 Å². The number of benzene rings is 1. The van der Waals surface area contributed by atoms with E-state index in [1.165, 1.54) is 11.1 Å². The van der Waals surface area contributed by atoms with Crippen LogP contribution in [-0.2, 0) is 16.8 Å². The van der Waals surface area contributed by atoms with Crippen LogP contribution in [0.15, 0.2) is 41.1 Å². The molecule has 2 aliphatic rings. The molecule has 1 aromatic carbocycles. The lowest BCUT2D eigenvalue weighted by atomic mass is 9.87. The molecule has 2 heterocycles. The highest BCUT2D eigenvalue weighted by Crippen LogP contribution is 2.35. The number of hydrogen-bond donors (Lipinski definition) is 2. The normalized spacial score (nSPS) is 22.1. The largest absolute Gasteiger partial charge is 0.347 e. The molecule has 126 valence electrons. The van der Waals surface area contributed by atoms with Crippen molar-refractivity contribution in [3.8, 4) is 0 Å². The molecule has 2 N–H and O–H groups in total. The standard InChI is InChI=1S/C18H21BrN4O/c19-14-3-4-15-13(12-14)2-5-16(15)22-17(24)18(6-9-20-10-7-18)23-11-1-8-21-23/h1,3-4,8,11-12,16,20H,2,5-7,9-10H2,(H,22,24). The highest BCUT2D eigenvalue weighted by molar-refractivity contribution is 9.10. The molecule has 4 rings (SSSR count). The molecule has 0 spiro atoms. The zero-order valence-electron chi connectivity index (χ0n) is 13.5. The van der Waals surface area contributed by atoms with Gasteiger partial charge in [-0.3, -0.25) is 9.48 Å². The molecule has 1 aliphatic heterocycles. The molecular formula is C18H21BrN4O. The smallest absolute Gasteiger partial charge is 0.248 e. The molecule has 1 fully saturated rings. The number of halogens is 1. The van der Waals surface area contributed by atoms with Gasteiger partial charge in [0, 0.05) is 16.9 Å². The van der Waals surface area contributed by atoms with Gasteiger partial charge in [-0.05, 0) is 68.1 Å². The third-order valence-electron chi connectivity index (χ3n) is 5.28. The van der Waals surface area contributed by atoms with Gasteiger partial charge in [-0.2, -0.15) is 5.10 Å². The van der Waals surface area contributed by atoms with Gasteiger partial charge in [0.1, 0.15) is 5.54 Å². The number of piperidine rings is 1. The van der Waals surface area contributed by atoms with Gasteiger partial charge >= 0.3 is 0 Å². The number of carbonyl (C=O) groups excluding carboxylic acids is 1. The number of hydrogen-bond acceptors (Lipinski definition) is 3. The average molecular weight is 389 g/mol. The van der Waals surface area contributed by atoms with Gasteiger partial charge in [0.2, 0.25) is 5.91 Å². The molecule has 0 saturated carbocycles. The number of aromatic nitrogens is 2. The summed E-state index contributed by atoms with van der Waals surface area (Å²) in [4.78, 5) is 13.2. The predicted octanol–water partition coefficient (Wildman–Crippen LogP) is 2.53. The van der Waals surface area contributed by atoms with Crippen LogP contribution in [0.25, 0.3) is 0 Å². The Bertz CT molecular complexity index is 737. The number of nitrogens with one attached hydrogen (secondary N) is 2. The first-order valence-electron chi connectivity index (χ1n) is 8.49. The lowest BCUT2D eigenvalue weighted by Gasteiger charge is -2.37. The van der Waals surface area contributed by atoms with Gasteiger partial charge in [-0.25, -0.2) is 0 Å². The summed E-state index contributed by atoms with van der Waals surface area (Å²) in [6, 6.07) is 8.33. The van der Waals surface area contributed by atoms with Crippen molar-refractivity contribution in [3.05, 3.63) is 52.3 Å². The van der Waals surface area contributed by atoms with Crippen LogP contribution in [-0.4, -0.2) is 28.8 Å². The van der Waals surface area contributed by atoms with Crippen molar-refractivity contribution in [2.24, 2.45) is 0 Å². The zero-order chi connectivity index (χ0) is 16.6. The van der Waals surface area contributed by atoms with E-state index in [2.05, 4.69) is 49.9 Å². The SMILES string of the molecule is O=C(NC1CCc2cc(Br)ccc21)C1(n2cccn2)CCNCC1. The fourth-order valence-electron chi connectivity index (χ4n) is 3.95. The van der Waals surface area contributed by atoms with Crippen LogP contribution in [0.2, 0.25) is 0 Å². The summed E-state index contributed by atoms with van der Waals surface area (Å²) < 4.78 is 2.94. The Morgan fingerprint density at radius 2 is 2.21 bits per heavy atom. The molecule has 1 amide bonds. The van der Waals surface area contributed by atoms with E-state index in [4.69, 9.17) is 0 Å². The summed E-state index contributed by atoms with van der Waals surface area (Å²) in [5, 5.41) is 11.0. The first kappa shape index (κ1) is 15.8. The average Bonchev–Trinajstić information content (AvgIpc) is 3.26. The Labute approximate surface area is 149 Å². The molecule has 1 aliphatic carbocycles. The lowest BCUT2D eigenvalue weighted by Crippen LogP contribution is -2.55. The third-order valence-corrected chi connectivity index (χ3v) is 5.78. The second kappa shape index (κ2) is 6.33. The van der Waals surface area contributed by atoms with Crippen LogP contribution in [0.5, 0.6) is 0 Å². The minimum absolute atomic E-state index is 0.0912. The number of nitrogens with zero attached hydrogens (tertiary/aromatic N) is 2. The molecule has 2 aromatic rings. The van der Waals surface area contributed by atoms with E-state index < -0.39 is 5.54 Å². The quantitative estimate of drug-likeness (QED) is 0.848. The molecular weight excluding hydrogens is 368 g/mol. The molecule has 1 saturated heterocycles. The van der Waals surface area contributed by atoms with Gasteiger partial charge in [0.05, 0.1) is 6.04 Å². The van der Waals surface area contributed by atoms with Crippen molar-refractivity contribution >= 4 is 21.8 Å². The van der Waals surface area contributed by atoms with Gasteiger partial charge in [-0.1, -0.05) is 22.0 Å². The lowest BCUT2D eigenvalue weighted by molar-refractivity contribution is -0.132. The van der Waals surface area contributed by atoms with Gasteiger partial charge in [0.25, 0.3) is 0 Å². The van der Waals surface area contributed by atoms with Gasteiger partial charge in [-0.15, -0.1) is 0 Å². The van der Waals surface area contributed by atoms with E-state index in [1.54, 1.807) is 6.20 Å². The van der Waals surface area contributed by atoms with Crippen LogP contribution < -0.4 is 10.6 Å². The first-order valence-corrected chi connectivity index (χ1v) is 9.28. The summed E-state index contributed by atoms with van der Waals surface area (Å²) in [5.41, 5.74) is 2.00. The van der Waals surface area contributed by atoms with Crippen molar-refractivity contribution in [1.29, 1.82) is 0 Å². The minimum Gasteiger partial charge on any atom is -0.347 e. The Kier molecular flexibility index (Phi) is 4.18. The predicted molar refractivity (Wildman–Crippen MR) is 95.7 cm³/mol. The number of rotatable bonds is 3. The molecule has 6 heteroatoms. The van der Waals surface area contributed by atoms with Crippen LogP contribution in [0.1, 0.15) is 36.4 Å². The monoisotopic (exact) mass is 388 g/mol. The summed E-state index contributed by atoms with van der Waals surface area (Å²) in [7, 11) is 0. The summed E-state index contributed by atoms with van der Waals surface area (Å²) in [6.45, 7) is 1.67. The zero-order valence-corrected chi connectivity index (χ0v) is 15.1. The Morgan fingerprint density at radius 3 is 2.96 bits per heavy atom. The van der Waals surface area contributed by atoms with Crippen molar-refractivity contribution in [3.63, 3.8) is 0 Å². The van der Waals surface area contributed by atoms with Gasteiger partial charge in [0.15, 0.2) is 0 Å². The number of fused-ring (bicyclic) bond motifs is 1. The maximum absolute atomic E-state index is 13.2. The maximum Gasteiger partial charge on any atom is 0.248 e. The van der Waals surface area contributed by atoms with Crippen LogP contribution >= 0.6 is 15.9 Å². The number of carbonyl (C=O) groups is 1. The first-order chi connectivity index (χ1) is 11.7. The minimum atomic E-state index is -0.577.